The number of aromatic nitrogens is 3. The smallest absolute Gasteiger partial charge is 0.319 e. The third-order valence-electron chi connectivity index (χ3n) is 7.67. The molecule has 2 aromatic carbocycles. The Morgan fingerprint density at radius 3 is 2.56 bits per heavy atom. The lowest BCUT2D eigenvalue weighted by molar-refractivity contribution is 0.163. The molecule has 4 heterocycles. The molecule has 0 radical (unpaired) electrons. The molecule has 2 aliphatic rings. The number of para-hydroxylation sites is 1. The summed E-state index contributed by atoms with van der Waals surface area (Å²) in [5, 5.41) is 0.862. The molecule has 0 aliphatic carbocycles. The van der Waals surface area contributed by atoms with Crippen molar-refractivity contribution in [2.24, 2.45) is 0 Å². The van der Waals surface area contributed by atoms with Gasteiger partial charge in [0.15, 0.2) is 10.9 Å². The quantitative estimate of drug-likeness (QED) is 0.311. The molecule has 2 N–H and O–H groups in total. The molecular formula is C27H28ClF3N6OS. The monoisotopic (exact) mass is 576 g/mol. The Bertz CT molecular complexity index is 1520. The molecule has 2 saturated heterocycles. The van der Waals surface area contributed by atoms with Crippen molar-refractivity contribution in [3.8, 4) is 17.1 Å². The van der Waals surface area contributed by atoms with E-state index in [4.69, 9.17) is 22.1 Å². The highest BCUT2D eigenvalue weighted by molar-refractivity contribution is 7.22. The number of ether oxygens (including phenoxy) is 1. The number of likely N-dealkylation sites (N-methyl/N-ethyl adjacent to an activating group) is 1. The summed E-state index contributed by atoms with van der Waals surface area (Å²) < 4.78 is 51.6. The molecule has 0 spiro atoms. The Morgan fingerprint density at radius 1 is 1.08 bits per heavy atom. The lowest BCUT2D eigenvalue weighted by Crippen LogP contribution is -2.31. The Kier molecular flexibility index (Phi) is 7.15. The summed E-state index contributed by atoms with van der Waals surface area (Å²) in [6.45, 7) is 1.76. The van der Waals surface area contributed by atoms with Crippen molar-refractivity contribution in [2.45, 2.75) is 44.1 Å². The number of anilines is 2. The second-order valence-electron chi connectivity index (χ2n) is 10.2. The Hall–Kier alpha value is -2.89. The number of halogens is 4. The van der Waals surface area contributed by atoms with Gasteiger partial charge < -0.3 is 20.3 Å². The van der Waals surface area contributed by atoms with E-state index in [9.17, 15) is 8.78 Å². The van der Waals surface area contributed by atoms with Crippen LogP contribution in [0.4, 0.5) is 24.1 Å². The molecule has 7 nitrogen and oxygen atoms in total. The highest BCUT2D eigenvalue weighted by atomic mass is 35.5. The maximum atomic E-state index is 16.5. The number of thiazole rings is 1. The van der Waals surface area contributed by atoms with Crippen LogP contribution in [0.2, 0.25) is 5.02 Å². The van der Waals surface area contributed by atoms with Gasteiger partial charge in [0.2, 0.25) is 0 Å². The average molecular weight is 577 g/mol. The van der Waals surface area contributed by atoms with E-state index in [0.717, 1.165) is 24.1 Å². The zero-order valence-electron chi connectivity index (χ0n) is 21.3. The maximum Gasteiger partial charge on any atom is 0.319 e. The summed E-state index contributed by atoms with van der Waals surface area (Å²) in [5.41, 5.74) is 7.15. The predicted octanol–water partition coefficient (Wildman–Crippen LogP) is 6.03. The lowest BCUT2D eigenvalue weighted by atomic mass is 10.0. The van der Waals surface area contributed by atoms with E-state index >= 15 is 4.39 Å². The van der Waals surface area contributed by atoms with Crippen molar-refractivity contribution >= 4 is 55.0 Å². The van der Waals surface area contributed by atoms with Gasteiger partial charge in [-0.25, -0.2) is 18.2 Å². The Labute approximate surface area is 232 Å². The highest BCUT2D eigenvalue weighted by Gasteiger charge is 2.30. The predicted molar refractivity (Wildman–Crippen MR) is 150 cm³/mol. The van der Waals surface area contributed by atoms with E-state index in [0.29, 0.717) is 34.0 Å². The molecule has 0 amide bonds. The van der Waals surface area contributed by atoms with E-state index < -0.39 is 18.2 Å². The molecule has 2 aromatic heterocycles. The van der Waals surface area contributed by atoms with Gasteiger partial charge in [-0.2, -0.15) is 9.97 Å². The summed E-state index contributed by atoms with van der Waals surface area (Å²) in [5.74, 6) is -0.302. The van der Waals surface area contributed by atoms with Gasteiger partial charge in [-0.05, 0) is 51.4 Å². The number of nitrogens with two attached hydrogens (primary N) is 1. The van der Waals surface area contributed by atoms with E-state index in [1.807, 2.05) is 13.1 Å². The first kappa shape index (κ1) is 26.3. The number of alkyl halides is 2. The largest absolute Gasteiger partial charge is 0.462 e. The van der Waals surface area contributed by atoms with Crippen LogP contribution >= 0.6 is 22.9 Å². The van der Waals surface area contributed by atoms with Crippen LogP contribution in [0, 0.1) is 5.82 Å². The van der Waals surface area contributed by atoms with Crippen LogP contribution < -0.4 is 15.4 Å². The standard InChI is InChI=1S/C27H28ClF3N6OS/c1-36-9-3-4-14(36)13-38-27-34-24-16(25(35-27)37-10-7-18(29)19(30)8-11-37)12-17(28)21(22(24)31)15-5-2-6-20-23(15)33-26(32)39-20/h2,5-6,12,14,18-19H,3-4,7-11,13H2,1H3,(H2,32,33)/t14-,18?,19?/m0/s1. The minimum Gasteiger partial charge on any atom is -0.462 e. The number of nitrogens with zero attached hydrogens (tertiary/aromatic N) is 5. The fraction of sp³-hybridized carbons (Fsp3) is 0.444. The number of hydrogen-bond donors (Lipinski definition) is 1. The van der Waals surface area contributed by atoms with Gasteiger partial charge >= 0.3 is 6.01 Å². The van der Waals surface area contributed by atoms with Crippen molar-refractivity contribution < 1.29 is 17.9 Å². The van der Waals surface area contributed by atoms with Crippen LogP contribution in [0.3, 0.4) is 0 Å². The topological polar surface area (TPSA) is 80.4 Å². The highest BCUT2D eigenvalue weighted by Crippen LogP contribution is 2.42. The van der Waals surface area contributed by atoms with Crippen LogP contribution in [-0.4, -0.2) is 71.5 Å². The van der Waals surface area contributed by atoms with Gasteiger partial charge in [0, 0.05) is 35.6 Å². The molecule has 2 fully saturated rings. The zero-order valence-corrected chi connectivity index (χ0v) is 22.9. The van der Waals surface area contributed by atoms with Gasteiger partial charge in [-0.1, -0.05) is 35.1 Å². The molecule has 2 aliphatic heterocycles. The second kappa shape index (κ2) is 10.6. The van der Waals surface area contributed by atoms with Gasteiger partial charge in [-0.15, -0.1) is 0 Å². The summed E-state index contributed by atoms with van der Waals surface area (Å²) in [4.78, 5) is 17.5. The Morgan fingerprint density at radius 2 is 1.85 bits per heavy atom. The van der Waals surface area contributed by atoms with Crippen molar-refractivity contribution in [2.75, 3.05) is 43.9 Å². The van der Waals surface area contributed by atoms with Crippen molar-refractivity contribution in [3.63, 3.8) is 0 Å². The molecule has 206 valence electrons. The minimum absolute atomic E-state index is 0.00271. The minimum atomic E-state index is -1.56. The molecule has 6 rings (SSSR count). The fourth-order valence-electron chi connectivity index (χ4n) is 5.48. The van der Waals surface area contributed by atoms with Crippen LogP contribution in [0.5, 0.6) is 6.01 Å². The third kappa shape index (κ3) is 4.96. The second-order valence-corrected chi connectivity index (χ2v) is 11.6. The molecule has 0 bridgehead atoms. The number of likely N-dealkylation sites (tertiary alicyclic amines) is 1. The average Bonchev–Trinajstić information content (AvgIpc) is 3.46. The number of nitrogen functional groups attached to an aromatic ring is 1. The summed E-state index contributed by atoms with van der Waals surface area (Å²) in [7, 11) is 2.03. The molecule has 39 heavy (non-hydrogen) atoms. The fourth-order valence-corrected chi connectivity index (χ4v) is 6.54. The molecule has 3 atom stereocenters. The number of benzene rings is 2. The van der Waals surface area contributed by atoms with E-state index in [1.165, 1.54) is 11.3 Å². The molecule has 2 unspecified atom stereocenters. The Balaban J connectivity index is 1.49. The molecule has 0 saturated carbocycles. The van der Waals surface area contributed by atoms with E-state index in [1.54, 1.807) is 23.1 Å². The van der Waals surface area contributed by atoms with Crippen molar-refractivity contribution in [3.05, 3.63) is 35.1 Å². The summed E-state index contributed by atoms with van der Waals surface area (Å²) in [6.07, 6.45) is -1.08. The molecular weight excluding hydrogens is 549 g/mol. The molecule has 4 aromatic rings. The van der Waals surface area contributed by atoms with Crippen LogP contribution in [0.15, 0.2) is 24.3 Å². The SMILES string of the molecule is CN1CCC[C@H]1COc1nc(N2CCC(F)C(F)CC2)c2cc(Cl)c(-c3cccc4sc(N)nc34)c(F)c2n1. The van der Waals surface area contributed by atoms with Gasteiger partial charge in [-0.3, -0.25) is 0 Å². The maximum absolute atomic E-state index is 16.5. The zero-order chi connectivity index (χ0) is 27.3. The van der Waals surface area contributed by atoms with E-state index in [-0.39, 0.29) is 54.1 Å². The normalized spacial score (nSPS) is 22.6. The van der Waals surface area contributed by atoms with Gasteiger partial charge in [0.25, 0.3) is 0 Å². The van der Waals surface area contributed by atoms with Gasteiger partial charge in [0.05, 0.1) is 15.2 Å². The van der Waals surface area contributed by atoms with Crippen LogP contribution in [0.1, 0.15) is 25.7 Å². The van der Waals surface area contributed by atoms with Crippen molar-refractivity contribution in [1.29, 1.82) is 0 Å². The first-order valence-corrected chi connectivity index (χ1v) is 14.2. The molecule has 12 heteroatoms. The lowest BCUT2D eigenvalue weighted by Gasteiger charge is -2.24. The summed E-state index contributed by atoms with van der Waals surface area (Å²) >= 11 is 8.02. The van der Waals surface area contributed by atoms with Crippen LogP contribution in [0.25, 0.3) is 32.2 Å². The van der Waals surface area contributed by atoms with Crippen molar-refractivity contribution in [1.82, 2.24) is 19.9 Å². The van der Waals surface area contributed by atoms with Crippen LogP contribution in [-0.2, 0) is 0 Å². The van der Waals surface area contributed by atoms with Gasteiger partial charge in [0.1, 0.15) is 30.3 Å². The first-order valence-electron chi connectivity index (χ1n) is 13.0. The first-order chi connectivity index (χ1) is 18.8. The number of hydrogen-bond acceptors (Lipinski definition) is 8. The third-order valence-corrected chi connectivity index (χ3v) is 8.81. The van der Waals surface area contributed by atoms with E-state index in [2.05, 4.69) is 19.9 Å². The number of fused-ring (bicyclic) bond motifs is 2. The number of rotatable bonds is 5. The summed E-state index contributed by atoms with van der Waals surface area (Å²) in [6, 6.07) is 7.22.